The van der Waals surface area contributed by atoms with Gasteiger partial charge < -0.3 is 5.11 Å². The summed E-state index contributed by atoms with van der Waals surface area (Å²) >= 11 is 0. The molecule has 0 saturated heterocycles. The molecule has 0 fully saturated rings. The van der Waals surface area contributed by atoms with E-state index < -0.39 is 10.0 Å². The summed E-state index contributed by atoms with van der Waals surface area (Å²) in [5.41, 5.74) is 1.29. The van der Waals surface area contributed by atoms with E-state index in [1.807, 2.05) is 20.8 Å². The highest BCUT2D eigenvalue weighted by Gasteiger charge is 2.25. The molecule has 1 rings (SSSR count). The predicted octanol–water partition coefficient (Wildman–Crippen LogP) is 2.01. The van der Waals surface area contributed by atoms with Crippen LogP contribution >= 0.6 is 0 Å². The number of sulfonamides is 1. The van der Waals surface area contributed by atoms with E-state index in [0.717, 1.165) is 0 Å². The predicted molar refractivity (Wildman–Crippen MR) is 84.4 cm³/mol. The molecule has 0 aromatic heterocycles. The number of hydrogen-bond donors (Lipinski definition) is 1. The lowest BCUT2D eigenvalue weighted by Gasteiger charge is -2.23. The fourth-order valence-electron chi connectivity index (χ4n) is 2.04. The minimum atomic E-state index is -3.52. The van der Waals surface area contributed by atoms with Crippen LogP contribution in [0, 0.1) is 24.7 Å². The van der Waals surface area contributed by atoms with Crippen molar-refractivity contribution in [2.24, 2.45) is 5.92 Å². The number of hydrogen-bond acceptors (Lipinski definition) is 3. The molecule has 0 amide bonds. The van der Waals surface area contributed by atoms with Gasteiger partial charge in [0.05, 0.1) is 4.90 Å². The summed E-state index contributed by atoms with van der Waals surface area (Å²) in [5.74, 6) is 5.55. The summed E-state index contributed by atoms with van der Waals surface area (Å²) in [7, 11) is -3.52. The first kappa shape index (κ1) is 17.7. The monoisotopic (exact) mass is 309 g/mol. The van der Waals surface area contributed by atoms with Crippen LogP contribution in [-0.4, -0.2) is 37.5 Å². The normalized spacial score (nSPS) is 11.6. The van der Waals surface area contributed by atoms with Crippen molar-refractivity contribution in [1.29, 1.82) is 0 Å². The highest BCUT2D eigenvalue weighted by Crippen LogP contribution is 2.22. The molecule has 21 heavy (non-hydrogen) atoms. The standard InChI is InChI=1S/C16H23NO3S/c1-5-17(12-13(2)3)21(19,20)16-11-15(7-6-10-18)9-8-14(16)4/h8-9,11,13,18H,5,10,12H2,1-4H3. The Morgan fingerprint density at radius 3 is 2.52 bits per heavy atom. The van der Waals surface area contributed by atoms with Crippen molar-refractivity contribution in [2.75, 3.05) is 19.7 Å². The van der Waals surface area contributed by atoms with Crippen LogP contribution in [0.25, 0.3) is 0 Å². The molecular formula is C16H23NO3S. The zero-order valence-corrected chi connectivity index (χ0v) is 13.9. The number of aryl methyl sites for hydroxylation is 1. The molecule has 1 aromatic rings. The second-order valence-electron chi connectivity index (χ2n) is 5.29. The van der Waals surface area contributed by atoms with Crippen LogP contribution in [0.15, 0.2) is 23.1 Å². The average Bonchev–Trinajstić information content (AvgIpc) is 2.43. The molecule has 0 unspecified atom stereocenters. The van der Waals surface area contributed by atoms with E-state index >= 15 is 0 Å². The summed E-state index contributed by atoms with van der Waals surface area (Å²) in [6, 6.07) is 5.09. The second-order valence-corrected chi connectivity index (χ2v) is 7.20. The highest BCUT2D eigenvalue weighted by atomic mass is 32.2. The van der Waals surface area contributed by atoms with E-state index in [-0.39, 0.29) is 17.4 Å². The first-order valence-electron chi connectivity index (χ1n) is 7.03. The maximum atomic E-state index is 12.8. The van der Waals surface area contributed by atoms with Gasteiger partial charge in [-0.1, -0.05) is 38.7 Å². The number of aliphatic hydroxyl groups is 1. The van der Waals surface area contributed by atoms with Crippen molar-refractivity contribution in [1.82, 2.24) is 4.31 Å². The van der Waals surface area contributed by atoms with Crippen molar-refractivity contribution < 1.29 is 13.5 Å². The van der Waals surface area contributed by atoms with Crippen LogP contribution in [0.1, 0.15) is 31.9 Å². The van der Waals surface area contributed by atoms with Gasteiger partial charge in [0.2, 0.25) is 10.0 Å². The SMILES string of the molecule is CCN(CC(C)C)S(=O)(=O)c1cc(C#CCO)ccc1C. The molecule has 0 aliphatic heterocycles. The molecule has 1 N–H and O–H groups in total. The summed E-state index contributed by atoms with van der Waals surface area (Å²) < 4.78 is 27.0. The molecule has 0 aliphatic carbocycles. The van der Waals surface area contributed by atoms with Gasteiger partial charge in [-0.2, -0.15) is 4.31 Å². The Bertz CT molecular complexity index is 639. The minimum absolute atomic E-state index is 0.246. The van der Waals surface area contributed by atoms with Crippen molar-refractivity contribution >= 4 is 10.0 Å². The number of benzene rings is 1. The first-order valence-corrected chi connectivity index (χ1v) is 8.47. The molecule has 0 heterocycles. The Morgan fingerprint density at radius 2 is 2.00 bits per heavy atom. The molecule has 5 heteroatoms. The number of nitrogens with zero attached hydrogens (tertiary/aromatic N) is 1. The molecule has 0 saturated carbocycles. The minimum Gasteiger partial charge on any atom is -0.384 e. The Morgan fingerprint density at radius 1 is 1.33 bits per heavy atom. The molecule has 116 valence electrons. The van der Waals surface area contributed by atoms with Gasteiger partial charge in [0.1, 0.15) is 6.61 Å². The second kappa shape index (κ2) is 7.60. The summed E-state index contributed by atoms with van der Waals surface area (Å²) in [5, 5.41) is 8.74. The average molecular weight is 309 g/mol. The summed E-state index contributed by atoms with van der Waals surface area (Å²) in [4.78, 5) is 0.287. The molecule has 0 aliphatic rings. The van der Waals surface area contributed by atoms with E-state index in [4.69, 9.17) is 5.11 Å². The zero-order valence-electron chi connectivity index (χ0n) is 13.0. The van der Waals surface area contributed by atoms with Crippen LogP contribution in [0.3, 0.4) is 0 Å². The van der Waals surface area contributed by atoms with Crippen LogP contribution in [0.4, 0.5) is 0 Å². The van der Waals surface area contributed by atoms with Gasteiger partial charge in [-0.25, -0.2) is 8.42 Å². The highest BCUT2D eigenvalue weighted by molar-refractivity contribution is 7.89. The van der Waals surface area contributed by atoms with Crippen LogP contribution in [-0.2, 0) is 10.0 Å². The van der Waals surface area contributed by atoms with Crippen molar-refractivity contribution in [3.63, 3.8) is 0 Å². The maximum Gasteiger partial charge on any atom is 0.243 e. The van der Waals surface area contributed by atoms with E-state index in [1.165, 1.54) is 4.31 Å². The first-order chi connectivity index (χ1) is 9.82. The maximum absolute atomic E-state index is 12.8. The van der Waals surface area contributed by atoms with E-state index in [2.05, 4.69) is 11.8 Å². The Kier molecular flexibility index (Phi) is 6.41. The van der Waals surface area contributed by atoms with Crippen LogP contribution in [0.5, 0.6) is 0 Å². The quantitative estimate of drug-likeness (QED) is 0.847. The van der Waals surface area contributed by atoms with Gasteiger partial charge in [0, 0.05) is 18.7 Å². The molecule has 0 radical (unpaired) electrons. The molecule has 0 bridgehead atoms. The van der Waals surface area contributed by atoms with Gasteiger partial charge in [-0.15, -0.1) is 0 Å². The summed E-state index contributed by atoms with van der Waals surface area (Å²) in [6.07, 6.45) is 0. The molecule has 4 nitrogen and oxygen atoms in total. The smallest absolute Gasteiger partial charge is 0.243 e. The molecule has 0 spiro atoms. The lowest BCUT2D eigenvalue weighted by atomic mass is 10.1. The van der Waals surface area contributed by atoms with E-state index in [9.17, 15) is 8.42 Å². The third-order valence-corrected chi connectivity index (χ3v) is 5.12. The zero-order chi connectivity index (χ0) is 16.0. The summed E-state index contributed by atoms with van der Waals surface area (Å²) in [6.45, 7) is 8.29. The topological polar surface area (TPSA) is 57.6 Å². The molecule has 1 aromatic carbocycles. The third-order valence-electron chi connectivity index (χ3n) is 3.04. The van der Waals surface area contributed by atoms with Gasteiger partial charge >= 0.3 is 0 Å². The lowest BCUT2D eigenvalue weighted by molar-refractivity contribution is 0.350. The van der Waals surface area contributed by atoms with Gasteiger partial charge in [-0.3, -0.25) is 0 Å². The van der Waals surface area contributed by atoms with Crippen molar-refractivity contribution in [2.45, 2.75) is 32.6 Å². The Labute approximate surface area is 127 Å². The van der Waals surface area contributed by atoms with Gasteiger partial charge in [0.25, 0.3) is 0 Å². The van der Waals surface area contributed by atoms with Crippen molar-refractivity contribution in [3.05, 3.63) is 29.3 Å². The molecular weight excluding hydrogens is 286 g/mol. The van der Waals surface area contributed by atoms with Crippen molar-refractivity contribution in [3.8, 4) is 11.8 Å². The van der Waals surface area contributed by atoms with Crippen LogP contribution in [0.2, 0.25) is 0 Å². The lowest BCUT2D eigenvalue weighted by Crippen LogP contribution is -2.34. The Hall–Kier alpha value is -1.35. The number of aliphatic hydroxyl groups excluding tert-OH is 1. The van der Waals surface area contributed by atoms with Gasteiger partial charge in [-0.05, 0) is 30.5 Å². The largest absolute Gasteiger partial charge is 0.384 e. The van der Waals surface area contributed by atoms with E-state index in [0.29, 0.717) is 24.2 Å². The van der Waals surface area contributed by atoms with Gasteiger partial charge in [0.15, 0.2) is 0 Å². The Balaban J connectivity index is 3.29. The fourth-order valence-corrected chi connectivity index (χ4v) is 3.90. The van der Waals surface area contributed by atoms with E-state index in [1.54, 1.807) is 25.1 Å². The fraction of sp³-hybridized carbons (Fsp3) is 0.500. The third kappa shape index (κ3) is 4.57. The number of rotatable bonds is 5. The molecule has 0 atom stereocenters. The van der Waals surface area contributed by atoms with Crippen LogP contribution < -0.4 is 0 Å².